The number of sulfonamides is 1. The van der Waals surface area contributed by atoms with Gasteiger partial charge in [0, 0.05) is 22.8 Å². The Morgan fingerprint density at radius 2 is 1.80 bits per heavy atom. The van der Waals surface area contributed by atoms with E-state index in [9.17, 15) is 8.42 Å². The van der Waals surface area contributed by atoms with Crippen molar-refractivity contribution in [2.24, 2.45) is 0 Å². The maximum Gasteiger partial charge on any atom is 0.229 e. The highest BCUT2D eigenvalue weighted by Crippen LogP contribution is 2.19. The summed E-state index contributed by atoms with van der Waals surface area (Å²) in [5, 5.41) is 12.0. The summed E-state index contributed by atoms with van der Waals surface area (Å²) >= 11 is 1.45. The predicted molar refractivity (Wildman–Crippen MR) is 81.3 cm³/mol. The van der Waals surface area contributed by atoms with E-state index in [2.05, 4.69) is 16.1 Å². The van der Waals surface area contributed by atoms with Crippen LogP contribution in [0.25, 0.3) is 0 Å². The van der Waals surface area contributed by atoms with E-state index in [0.717, 1.165) is 16.8 Å². The maximum atomic E-state index is 11.1. The van der Waals surface area contributed by atoms with Gasteiger partial charge in [0.05, 0.1) is 6.26 Å². The van der Waals surface area contributed by atoms with Crippen LogP contribution in [0.4, 0.5) is 11.4 Å². The van der Waals surface area contributed by atoms with Gasteiger partial charge in [-0.3, -0.25) is 4.72 Å². The Hall–Kier alpha value is -2.04. The van der Waals surface area contributed by atoms with Crippen LogP contribution in [-0.4, -0.2) is 14.7 Å². The van der Waals surface area contributed by atoms with Crippen LogP contribution < -0.4 is 10.0 Å². The van der Waals surface area contributed by atoms with Crippen LogP contribution in [0.1, 0.15) is 9.75 Å². The van der Waals surface area contributed by atoms with Crippen LogP contribution in [0.5, 0.6) is 0 Å². The van der Waals surface area contributed by atoms with E-state index < -0.39 is 10.0 Å². The second-order valence-corrected chi connectivity index (χ2v) is 7.10. The molecule has 0 saturated carbocycles. The molecule has 2 rings (SSSR count). The average molecular weight is 307 g/mol. The van der Waals surface area contributed by atoms with E-state index >= 15 is 0 Å². The Balaban J connectivity index is 1.95. The number of rotatable bonds is 5. The van der Waals surface area contributed by atoms with Crippen molar-refractivity contribution in [2.75, 3.05) is 16.3 Å². The molecule has 1 aromatic heterocycles. The van der Waals surface area contributed by atoms with Crippen molar-refractivity contribution in [1.29, 1.82) is 5.26 Å². The van der Waals surface area contributed by atoms with Gasteiger partial charge in [-0.2, -0.15) is 5.26 Å². The molecule has 0 atom stereocenters. The highest BCUT2D eigenvalue weighted by molar-refractivity contribution is 7.92. The van der Waals surface area contributed by atoms with Gasteiger partial charge in [0.25, 0.3) is 0 Å². The summed E-state index contributed by atoms with van der Waals surface area (Å²) < 4.78 is 24.6. The van der Waals surface area contributed by atoms with Gasteiger partial charge in [0.15, 0.2) is 0 Å². The fourth-order valence-corrected chi connectivity index (χ4v) is 2.90. The van der Waals surface area contributed by atoms with Crippen molar-refractivity contribution in [1.82, 2.24) is 0 Å². The number of hydrogen-bond donors (Lipinski definition) is 2. The zero-order valence-electron chi connectivity index (χ0n) is 10.8. The first-order chi connectivity index (χ1) is 9.46. The minimum atomic E-state index is -3.24. The second-order valence-electron chi connectivity index (χ2n) is 4.18. The lowest BCUT2D eigenvalue weighted by molar-refractivity contribution is 0.607. The van der Waals surface area contributed by atoms with E-state index in [-0.39, 0.29) is 0 Å². The highest BCUT2D eigenvalue weighted by atomic mass is 32.2. The first-order valence-electron chi connectivity index (χ1n) is 5.77. The number of anilines is 2. The molecule has 20 heavy (non-hydrogen) atoms. The lowest BCUT2D eigenvalue weighted by Gasteiger charge is -2.07. The summed E-state index contributed by atoms with van der Waals surface area (Å²) in [5.41, 5.74) is 1.41. The summed E-state index contributed by atoms with van der Waals surface area (Å²) in [5.74, 6) is 0. The van der Waals surface area contributed by atoms with Gasteiger partial charge in [0.2, 0.25) is 10.0 Å². The molecule has 0 aliphatic heterocycles. The maximum absolute atomic E-state index is 11.1. The molecule has 0 fully saturated rings. The summed E-state index contributed by atoms with van der Waals surface area (Å²) in [6.45, 7) is 0.630. The molecule has 0 saturated heterocycles. The Morgan fingerprint density at radius 3 is 2.35 bits per heavy atom. The normalized spacial score (nSPS) is 10.8. The smallest absolute Gasteiger partial charge is 0.229 e. The quantitative estimate of drug-likeness (QED) is 0.889. The molecule has 0 bridgehead atoms. The largest absolute Gasteiger partial charge is 0.380 e. The van der Waals surface area contributed by atoms with Crippen LogP contribution in [0.15, 0.2) is 36.4 Å². The van der Waals surface area contributed by atoms with E-state index in [0.29, 0.717) is 17.1 Å². The van der Waals surface area contributed by atoms with Gasteiger partial charge in [-0.1, -0.05) is 0 Å². The Bertz CT molecular complexity index is 728. The number of benzene rings is 1. The third kappa shape index (κ3) is 4.26. The number of nitriles is 1. The summed E-state index contributed by atoms with van der Waals surface area (Å²) in [6.07, 6.45) is 1.11. The fraction of sp³-hybridized carbons (Fsp3) is 0.154. The monoisotopic (exact) mass is 307 g/mol. The van der Waals surface area contributed by atoms with Gasteiger partial charge in [-0.05, 0) is 36.4 Å². The molecule has 1 heterocycles. The number of nitrogens with one attached hydrogen (secondary N) is 2. The third-order valence-corrected chi connectivity index (χ3v) is 4.02. The molecule has 7 heteroatoms. The molecule has 0 aliphatic carbocycles. The topological polar surface area (TPSA) is 82.0 Å². The van der Waals surface area contributed by atoms with E-state index in [4.69, 9.17) is 5.26 Å². The van der Waals surface area contributed by atoms with E-state index in [1.54, 1.807) is 30.3 Å². The second kappa shape index (κ2) is 5.94. The predicted octanol–water partition coefficient (Wildman–Crippen LogP) is 2.60. The van der Waals surface area contributed by atoms with Crippen LogP contribution in [0, 0.1) is 11.3 Å². The third-order valence-electron chi connectivity index (χ3n) is 2.43. The highest BCUT2D eigenvalue weighted by Gasteiger charge is 2.02. The van der Waals surface area contributed by atoms with Crippen molar-refractivity contribution in [2.45, 2.75) is 6.54 Å². The SMILES string of the molecule is CS(=O)(=O)Nc1ccc(NCc2ccc(C#N)s2)cc1. The first-order valence-corrected chi connectivity index (χ1v) is 8.47. The van der Waals surface area contributed by atoms with Crippen molar-refractivity contribution in [3.05, 3.63) is 46.2 Å². The summed E-state index contributed by atoms with van der Waals surface area (Å²) in [6, 6.07) is 12.8. The molecule has 0 aliphatic rings. The molecule has 1 aromatic carbocycles. The zero-order valence-corrected chi connectivity index (χ0v) is 12.4. The van der Waals surface area contributed by atoms with Crippen LogP contribution in [0.2, 0.25) is 0 Å². The van der Waals surface area contributed by atoms with E-state index in [1.165, 1.54) is 11.3 Å². The first kappa shape index (κ1) is 14.4. The minimum absolute atomic E-state index is 0.529. The molecular formula is C13H13N3O2S2. The molecule has 2 N–H and O–H groups in total. The average Bonchev–Trinajstić information content (AvgIpc) is 2.84. The van der Waals surface area contributed by atoms with Crippen LogP contribution >= 0.6 is 11.3 Å². The molecule has 0 radical (unpaired) electrons. The molecule has 2 aromatic rings. The lowest BCUT2D eigenvalue weighted by Crippen LogP contribution is -2.09. The van der Waals surface area contributed by atoms with Crippen molar-refractivity contribution in [3.8, 4) is 6.07 Å². The Labute approximate surface area is 121 Å². The Kier molecular flexibility index (Phi) is 4.27. The molecule has 104 valence electrons. The van der Waals surface area contributed by atoms with Crippen molar-refractivity contribution < 1.29 is 8.42 Å². The summed E-state index contributed by atoms with van der Waals surface area (Å²) in [4.78, 5) is 1.76. The molecule has 0 unspecified atom stereocenters. The minimum Gasteiger partial charge on any atom is -0.380 e. The number of thiophene rings is 1. The molecule has 0 amide bonds. The summed E-state index contributed by atoms with van der Waals surface area (Å²) in [7, 11) is -3.24. The van der Waals surface area contributed by atoms with Gasteiger partial charge >= 0.3 is 0 Å². The Morgan fingerprint density at radius 1 is 1.15 bits per heavy atom. The zero-order chi connectivity index (χ0) is 14.6. The fourth-order valence-electron chi connectivity index (χ4n) is 1.59. The molecule has 5 nitrogen and oxygen atoms in total. The van der Waals surface area contributed by atoms with E-state index in [1.807, 2.05) is 6.07 Å². The van der Waals surface area contributed by atoms with Crippen LogP contribution in [-0.2, 0) is 16.6 Å². The lowest BCUT2D eigenvalue weighted by atomic mass is 10.3. The van der Waals surface area contributed by atoms with Gasteiger partial charge in [-0.25, -0.2) is 8.42 Å². The van der Waals surface area contributed by atoms with Gasteiger partial charge < -0.3 is 5.32 Å². The molecule has 0 spiro atoms. The molecular weight excluding hydrogens is 294 g/mol. The van der Waals surface area contributed by atoms with Crippen molar-refractivity contribution in [3.63, 3.8) is 0 Å². The van der Waals surface area contributed by atoms with Crippen molar-refractivity contribution >= 4 is 32.7 Å². The van der Waals surface area contributed by atoms with Crippen LogP contribution in [0.3, 0.4) is 0 Å². The number of hydrogen-bond acceptors (Lipinski definition) is 5. The van der Waals surface area contributed by atoms with Gasteiger partial charge in [-0.15, -0.1) is 11.3 Å². The number of nitrogens with zero attached hydrogens (tertiary/aromatic N) is 1. The van der Waals surface area contributed by atoms with Gasteiger partial charge in [0.1, 0.15) is 10.9 Å². The standard InChI is InChI=1S/C13H13N3O2S2/c1-20(17,18)16-11-4-2-10(3-5-11)15-9-13-7-6-12(8-14)19-13/h2-7,15-16H,9H2,1H3.